The lowest BCUT2D eigenvalue weighted by atomic mass is 9.98. The third-order valence-corrected chi connectivity index (χ3v) is 8.18. The lowest BCUT2D eigenvalue weighted by molar-refractivity contribution is -0.135. The van der Waals surface area contributed by atoms with Gasteiger partial charge in [-0.25, -0.2) is 4.39 Å². The fourth-order valence-electron chi connectivity index (χ4n) is 5.00. The number of benzene rings is 1. The number of hydrogen-bond donors (Lipinski definition) is 0. The highest BCUT2D eigenvalue weighted by atomic mass is 32.2. The summed E-state index contributed by atoms with van der Waals surface area (Å²) in [5.41, 5.74) is 0.402. The van der Waals surface area contributed by atoms with Gasteiger partial charge in [0.2, 0.25) is 5.91 Å². The minimum absolute atomic E-state index is 0.114. The number of carbonyl (C=O) groups excluding carboxylic acids is 2. The van der Waals surface area contributed by atoms with Crippen LogP contribution in [0.1, 0.15) is 61.7 Å². The molecule has 0 N–H and O–H groups in total. The molecule has 0 atom stereocenters. The third-order valence-electron chi connectivity index (χ3n) is 6.62. The van der Waals surface area contributed by atoms with E-state index in [-0.39, 0.29) is 16.6 Å². The van der Waals surface area contributed by atoms with E-state index >= 15 is 0 Å². The van der Waals surface area contributed by atoms with E-state index in [1.165, 1.54) is 37.8 Å². The summed E-state index contributed by atoms with van der Waals surface area (Å²) in [4.78, 5) is 29.4. The molecule has 3 fully saturated rings. The number of amides is 2. The van der Waals surface area contributed by atoms with Gasteiger partial charge >= 0.3 is 0 Å². The topological polar surface area (TPSA) is 40.6 Å². The van der Waals surface area contributed by atoms with E-state index in [2.05, 4.69) is 4.90 Å². The minimum Gasteiger partial charge on any atom is -0.338 e. The molecule has 2 heterocycles. The van der Waals surface area contributed by atoms with Gasteiger partial charge in [-0.2, -0.15) is 0 Å². The Morgan fingerprint density at radius 3 is 2.61 bits per heavy atom. The molecule has 0 aromatic heterocycles. The van der Waals surface area contributed by atoms with Crippen molar-refractivity contribution in [1.82, 2.24) is 9.80 Å². The third kappa shape index (κ3) is 4.07. The first kappa shape index (κ1) is 19.7. The van der Waals surface area contributed by atoms with Crippen molar-refractivity contribution < 1.29 is 14.0 Å². The lowest BCUT2D eigenvalue weighted by Gasteiger charge is -2.44. The number of rotatable bonds is 4. The normalized spacial score (nSPS) is 22.2. The van der Waals surface area contributed by atoms with Crippen LogP contribution < -0.4 is 0 Å². The zero-order valence-corrected chi connectivity index (χ0v) is 17.2. The average Bonchev–Trinajstić information content (AvgIpc) is 3.36. The van der Waals surface area contributed by atoms with Gasteiger partial charge in [-0.1, -0.05) is 31.7 Å². The fraction of sp³-hybridized carbons (Fsp3) is 0.636. The fourth-order valence-corrected chi connectivity index (χ4v) is 6.47. The zero-order chi connectivity index (χ0) is 19.6. The second kappa shape index (κ2) is 8.44. The van der Waals surface area contributed by atoms with Crippen molar-refractivity contribution in [3.63, 3.8) is 0 Å². The van der Waals surface area contributed by atoms with Crippen molar-refractivity contribution in [2.24, 2.45) is 5.92 Å². The molecular formula is C22H29FN2O2S. The van der Waals surface area contributed by atoms with E-state index in [0.29, 0.717) is 31.0 Å². The number of nitrogens with zero attached hydrogens (tertiary/aromatic N) is 2. The van der Waals surface area contributed by atoms with Gasteiger partial charge in [-0.15, -0.1) is 11.8 Å². The molecule has 1 saturated carbocycles. The summed E-state index contributed by atoms with van der Waals surface area (Å²) in [6.07, 6.45) is 8.49. The van der Waals surface area contributed by atoms with Gasteiger partial charge < -0.3 is 9.80 Å². The second-order valence-corrected chi connectivity index (χ2v) is 9.79. The Labute approximate surface area is 170 Å². The molecule has 0 radical (unpaired) electrons. The average molecular weight is 405 g/mol. The largest absolute Gasteiger partial charge is 0.338 e. The lowest BCUT2D eigenvalue weighted by Crippen LogP contribution is -2.53. The molecule has 4 rings (SSSR count). The molecule has 0 unspecified atom stereocenters. The number of carbonyl (C=O) groups is 2. The molecule has 152 valence electrons. The van der Waals surface area contributed by atoms with Crippen molar-refractivity contribution in [3.8, 4) is 0 Å². The van der Waals surface area contributed by atoms with E-state index in [4.69, 9.17) is 0 Å². The molecule has 4 nitrogen and oxygen atoms in total. The molecule has 2 aliphatic heterocycles. The van der Waals surface area contributed by atoms with Crippen molar-refractivity contribution in [2.75, 3.05) is 25.4 Å². The highest BCUT2D eigenvalue weighted by Crippen LogP contribution is 2.44. The Morgan fingerprint density at radius 2 is 1.89 bits per heavy atom. The maximum absolute atomic E-state index is 13.4. The van der Waals surface area contributed by atoms with E-state index in [9.17, 15) is 14.0 Å². The molecule has 0 bridgehead atoms. The maximum atomic E-state index is 13.4. The van der Waals surface area contributed by atoms with Gasteiger partial charge in [0.25, 0.3) is 5.91 Å². The SMILES string of the molecule is O=C(c1cccc(F)c1)N1CCC2(CC1)SCCN2C(=O)CCC1CCCC1. The van der Waals surface area contributed by atoms with Gasteiger partial charge in [0, 0.05) is 37.4 Å². The van der Waals surface area contributed by atoms with Crippen LogP contribution in [0.2, 0.25) is 0 Å². The van der Waals surface area contributed by atoms with E-state index in [1.54, 1.807) is 17.0 Å². The van der Waals surface area contributed by atoms with Crippen LogP contribution in [0.3, 0.4) is 0 Å². The van der Waals surface area contributed by atoms with Crippen LogP contribution in [0.15, 0.2) is 24.3 Å². The highest BCUT2D eigenvalue weighted by molar-refractivity contribution is 8.00. The Balaban J connectivity index is 1.35. The van der Waals surface area contributed by atoms with Gasteiger partial charge in [0.05, 0.1) is 4.87 Å². The minimum atomic E-state index is -0.385. The van der Waals surface area contributed by atoms with Gasteiger partial charge in [-0.3, -0.25) is 9.59 Å². The molecule has 6 heteroatoms. The quantitative estimate of drug-likeness (QED) is 0.751. The van der Waals surface area contributed by atoms with Gasteiger partial charge in [-0.05, 0) is 43.4 Å². The number of halogens is 1. The van der Waals surface area contributed by atoms with Crippen LogP contribution in [-0.4, -0.2) is 51.9 Å². The van der Waals surface area contributed by atoms with E-state index in [0.717, 1.165) is 37.5 Å². The Kier molecular flexibility index (Phi) is 5.95. The molecule has 28 heavy (non-hydrogen) atoms. The Hall–Kier alpha value is -1.56. The molecule has 1 aliphatic carbocycles. The summed E-state index contributed by atoms with van der Waals surface area (Å²) in [7, 11) is 0. The van der Waals surface area contributed by atoms with Crippen molar-refractivity contribution in [3.05, 3.63) is 35.6 Å². The van der Waals surface area contributed by atoms with Crippen LogP contribution >= 0.6 is 11.8 Å². The zero-order valence-electron chi connectivity index (χ0n) is 16.4. The van der Waals surface area contributed by atoms with Crippen molar-refractivity contribution >= 4 is 23.6 Å². The number of hydrogen-bond acceptors (Lipinski definition) is 3. The Morgan fingerprint density at radius 1 is 1.14 bits per heavy atom. The molecule has 1 aromatic rings. The highest BCUT2D eigenvalue weighted by Gasteiger charge is 2.46. The van der Waals surface area contributed by atoms with Crippen LogP contribution in [0.5, 0.6) is 0 Å². The summed E-state index contributed by atoms with van der Waals surface area (Å²) in [6.45, 7) is 2.06. The monoisotopic (exact) mass is 404 g/mol. The number of piperidine rings is 1. The molecule has 2 saturated heterocycles. The predicted molar refractivity (Wildman–Crippen MR) is 110 cm³/mol. The van der Waals surface area contributed by atoms with Crippen molar-refractivity contribution in [2.45, 2.75) is 56.2 Å². The second-order valence-electron chi connectivity index (χ2n) is 8.33. The molecule has 2 amide bonds. The first-order valence-electron chi connectivity index (χ1n) is 10.6. The predicted octanol–water partition coefficient (Wildman–Crippen LogP) is 4.30. The van der Waals surface area contributed by atoms with E-state index in [1.807, 2.05) is 11.8 Å². The molecule has 1 aromatic carbocycles. The van der Waals surface area contributed by atoms with Crippen LogP contribution in [-0.2, 0) is 4.79 Å². The van der Waals surface area contributed by atoms with Crippen molar-refractivity contribution in [1.29, 1.82) is 0 Å². The Bertz CT molecular complexity index is 727. The molecule has 1 spiro atoms. The number of likely N-dealkylation sites (tertiary alicyclic amines) is 1. The standard InChI is InChI=1S/C22H29FN2O2S/c23-19-7-3-6-18(16-19)21(27)24-12-10-22(11-13-24)25(14-15-28-22)20(26)9-8-17-4-1-2-5-17/h3,6-7,16-17H,1-2,4-5,8-15H2. The summed E-state index contributed by atoms with van der Waals surface area (Å²) in [6, 6.07) is 5.90. The van der Waals surface area contributed by atoms with Gasteiger partial charge in [0.15, 0.2) is 0 Å². The van der Waals surface area contributed by atoms with Crippen LogP contribution in [0.4, 0.5) is 4.39 Å². The van der Waals surface area contributed by atoms with E-state index < -0.39 is 0 Å². The number of thioether (sulfide) groups is 1. The van der Waals surface area contributed by atoms with Crippen LogP contribution in [0, 0.1) is 11.7 Å². The summed E-state index contributed by atoms with van der Waals surface area (Å²) in [5.74, 6) is 1.51. The van der Waals surface area contributed by atoms with Crippen LogP contribution in [0.25, 0.3) is 0 Å². The summed E-state index contributed by atoms with van der Waals surface area (Å²) < 4.78 is 13.4. The molecular weight excluding hydrogens is 375 g/mol. The maximum Gasteiger partial charge on any atom is 0.253 e. The summed E-state index contributed by atoms with van der Waals surface area (Å²) >= 11 is 1.88. The first-order valence-corrected chi connectivity index (χ1v) is 11.6. The van der Waals surface area contributed by atoms with Gasteiger partial charge in [0.1, 0.15) is 5.82 Å². The molecule has 3 aliphatic rings. The first-order chi connectivity index (χ1) is 13.6. The summed E-state index contributed by atoms with van der Waals surface area (Å²) in [5, 5.41) is 0. The smallest absolute Gasteiger partial charge is 0.253 e.